The van der Waals surface area contributed by atoms with Crippen LogP contribution < -0.4 is 21.9 Å². The maximum atomic E-state index is 13.9. The van der Waals surface area contributed by atoms with Crippen molar-refractivity contribution in [3.05, 3.63) is 117 Å². The maximum absolute atomic E-state index is 13.9. The monoisotopic (exact) mass is 588 g/mol. The second-order valence-corrected chi connectivity index (χ2v) is 10.8. The van der Waals surface area contributed by atoms with Crippen molar-refractivity contribution in [2.24, 2.45) is 0 Å². The van der Waals surface area contributed by atoms with Crippen LogP contribution in [0.4, 0.5) is 0 Å². The molecule has 0 fully saturated rings. The van der Waals surface area contributed by atoms with Crippen molar-refractivity contribution in [2.75, 3.05) is 12.0 Å². The van der Waals surface area contributed by atoms with Crippen molar-refractivity contribution >= 4 is 40.4 Å². The van der Waals surface area contributed by atoms with Crippen LogP contribution >= 0.6 is 11.8 Å². The molecule has 11 heteroatoms. The zero-order valence-corrected chi connectivity index (χ0v) is 23.8. The van der Waals surface area contributed by atoms with E-state index < -0.39 is 47.2 Å². The second-order valence-electron chi connectivity index (χ2n) is 9.79. The average molecular weight is 589 g/mol. The van der Waals surface area contributed by atoms with Crippen LogP contribution in [0.25, 0.3) is 10.9 Å². The smallest absolute Gasteiger partial charge is 0.329 e. The Labute approximate surface area is 246 Å². The minimum atomic E-state index is -1.28. The van der Waals surface area contributed by atoms with Crippen LogP contribution in [0.5, 0.6) is 0 Å². The number of nitrogens with zero attached hydrogens (tertiary/aromatic N) is 1. The van der Waals surface area contributed by atoms with Crippen LogP contribution in [0.2, 0.25) is 0 Å². The number of aliphatic carboxylic acids is 1. The number of carbonyl (C=O) groups excluding carboxylic acids is 2. The highest BCUT2D eigenvalue weighted by Gasteiger charge is 2.31. The van der Waals surface area contributed by atoms with Gasteiger partial charge in [-0.1, -0.05) is 72.8 Å². The standard InChI is InChI=1S/C31H32N4O6S/c1-42-17-16-24(27(36)33-25(30(39)40)18-20-10-4-2-5-11-20)32-28(37)26(19-21-12-6-3-7-13-21)35-29(38)22-14-8-9-15-23(22)34-31(35)41/h2-15,24-26H,16-19H2,1H3,(H,32,37)(H,33,36)(H,34,41)(H,39,40)/t24-,25-,26-/m0/s1. The number of nitrogens with one attached hydrogen (secondary N) is 3. The van der Waals surface area contributed by atoms with Crippen molar-refractivity contribution in [1.29, 1.82) is 0 Å². The number of aromatic nitrogens is 2. The van der Waals surface area contributed by atoms with Gasteiger partial charge >= 0.3 is 11.7 Å². The molecule has 0 aliphatic rings. The minimum Gasteiger partial charge on any atom is -0.480 e. The van der Waals surface area contributed by atoms with E-state index in [-0.39, 0.29) is 24.6 Å². The predicted octanol–water partition coefficient (Wildman–Crippen LogP) is 2.52. The van der Waals surface area contributed by atoms with Gasteiger partial charge in [-0.05, 0) is 41.7 Å². The Kier molecular flexibility index (Phi) is 10.3. The molecule has 42 heavy (non-hydrogen) atoms. The average Bonchev–Trinajstić information content (AvgIpc) is 2.99. The molecule has 2 amide bonds. The number of carboxylic acid groups (broad SMARTS) is 1. The predicted molar refractivity (Wildman–Crippen MR) is 163 cm³/mol. The Morgan fingerprint density at radius 2 is 1.38 bits per heavy atom. The second kappa shape index (κ2) is 14.3. The van der Waals surface area contributed by atoms with E-state index in [0.29, 0.717) is 16.8 Å². The summed E-state index contributed by atoms with van der Waals surface area (Å²) in [5.41, 5.74) is 0.389. The molecule has 10 nitrogen and oxygen atoms in total. The molecule has 0 saturated heterocycles. The van der Waals surface area contributed by atoms with E-state index in [1.54, 1.807) is 72.8 Å². The molecular formula is C31H32N4O6S. The summed E-state index contributed by atoms with van der Waals surface area (Å²) in [5.74, 6) is -2.09. The van der Waals surface area contributed by atoms with Crippen molar-refractivity contribution in [3.63, 3.8) is 0 Å². The Morgan fingerprint density at radius 3 is 2.00 bits per heavy atom. The minimum absolute atomic E-state index is 0.0105. The van der Waals surface area contributed by atoms with Crippen molar-refractivity contribution in [2.45, 2.75) is 37.4 Å². The summed E-state index contributed by atoms with van der Waals surface area (Å²) in [5, 5.41) is 15.3. The largest absolute Gasteiger partial charge is 0.480 e. The summed E-state index contributed by atoms with van der Waals surface area (Å²) in [7, 11) is 0. The Balaban J connectivity index is 1.65. The fourth-order valence-corrected chi connectivity index (χ4v) is 5.16. The van der Waals surface area contributed by atoms with Gasteiger partial charge in [0.05, 0.1) is 10.9 Å². The number of fused-ring (bicyclic) bond motifs is 1. The van der Waals surface area contributed by atoms with Crippen molar-refractivity contribution in [1.82, 2.24) is 20.2 Å². The summed E-state index contributed by atoms with van der Waals surface area (Å²) in [6, 6.07) is 20.7. The molecule has 4 rings (SSSR count). The van der Waals surface area contributed by atoms with Gasteiger partial charge in [-0.15, -0.1) is 0 Å². The molecule has 0 unspecified atom stereocenters. The lowest BCUT2D eigenvalue weighted by molar-refractivity contribution is -0.142. The Morgan fingerprint density at radius 1 is 0.810 bits per heavy atom. The number of para-hydroxylation sites is 1. The van der Waals surface area contributed by atoms with Crippen LogP contribution in [0, 0.1) is 0 Å². The first kappa shape index (κ1) is 30.3. The van der Waals surface area contributed by atoms with Gasteiger partial charge in [0, 0.05) is 12.8 Å². The number of rotatable bonds is 13. The number of hydrogen-bond acceptors (Lipinski definition) is 6. The SMILES string of the molecule is CSCC[C@H](NC(=O)[C@H](Cc1ccccc1)n1c(=O)[nH]c2ccccc2c1=O)C(=O)N[C@@H](Cc1ccccc1)C(=O)O. The number of hydrogen-bond donors (Lipinski definition) is 4. The molecule has 4 N–H and O–H groups in total. The van der Waals surface area contributed by atoms with E-state index >= 15 is 0 Å². The van der Waals surface area contributed by atoms with Crippen LogP contribution in [0.15, 0.2) is 94.5 Å². The van der Waals surface area contributed by atoms with E-state index in [4.69, 9.17) is 0 Å². The third-order valence-corrected chi connectivity index (χ3v) is 7.51. The number of amides is 2. The fraction of sp³-hybridized carbons (Fsp3) is 0.258. The molecule has 0 aliphatic heterocycles. The van der Waals surface area contributed by atoms with Crippen molar-refractivity contribution in [3.8, 4) is 0 Å². The molecule has 0 saturated carbocycles. The Bertz CT molecular complexity index is 1660. The highest BCUT2D eigenvalue weighted by molar-refractivity contribution is 7.98. The van der Waals surface area contributed by atoms with Gasteiger partial charge in [0.15, 0.2) is 0 Å². The molecule has 0 spiro atoms. The number of carboxylic acids is 1. The molecule has 3 atom stereocenters. The lowest BCUT2D eigenvalue weighted by Crippen LogP contribution is -2.54. The summed E-state index contributed by atoms with van der Waals surface area (Å²) in [4.78, 5) is 68.5. The fourth-order valence-electron chi connectivity index (χ4n) is 4.69. The first-order valence-corrected chi connectivity index (χ1v) is 14.8. The van der Waals surface area contributed by atoms with Gasteiger partial charge in [-0.25, -0.2) is 14.2 Å². The van der Waals surface area contributed by atoms with Gasteiger partial charge in [-0.3, -0.25) is 14.4 Å². The quantitative estimate of drug-likeness (QED) is 0.187. The number of thioether (sulfide) groups is 1. The maximum Gasteiger partial charge on any atom is 0.329 e. The molecule has 3 aromatic carbocycles. The molecule has 1 aromatic heterocycles. The third kappa shape index (κ3) is 7.55. The summed E-state index contributed by atoms with van der Waals surface area (Å²) in [6.07, 6.45) is 2.12. The number of H-pyrrole nitrogens is 1. The lowest BCUT2D eigenvalue weighted by atomic mass is 10.0. The van der Waals surface area contributed by atoms with Crippen LogP contribution in [0.3, 0.4) is 0 Å². The number of aromatic amines is 1. The highest BCUT2D eigenvalue weighted by Crippen LogP contribution is 2.15. The molecule has 1 heterocycles. The summed E-state index contributed by atoms with van der Waals surface area (Å²) < 4.78 is 0.879. The molecule has 0 bridgehead atoms. The highest BCUT2D eigenvalue weighted by atomic mass is 32.2. The first-order valence-electron chi connectivity index (χ1n) is 13.4. The molecule has 4 aromatic rings. The van der Waals surface area contributed by atoms with Crippen LogP contribution in [-0.2, 0) is 27.2 Å². The molecule has 218 valence electrons. The number of carbonyl (C=O) groups is 3. The van der Waals surface area contributed by atoms with E-state index in [0.717, 1.165) is 10.1 Å². The normalized spacial score (nSPS) is 13.2. The van der Waals surface area contributed by atoms with Crippen LogP contribution in [0.1, 0.15) is 23.6 Å². The van der Waals surface area contributed by atoms with Gasteiger partial charge in [0.25, 0.3) is 5.56 Å². The molecular weight excluding hydrogens is 556 g/mol. The van der Waals surface area contributed by atoms with Gasteiger partial charge in [-0.2, -0.15) is 11.8 Å². The van der Waals surface area contributed by atoms with Crippen LogP contribution in [-0.4, -0.2) is 56.5 Å². The molecule has 0 aliphatic carbocycles. The zero-order valence-electron chi connectivity index (χ0n) is 23.0. The van der Waals surface area contributed by atoms with Gasteiger partial charge in [0.2, 0.25) is 11.8 Å². The summed E-state index contributed by atoms with van der Waals surface area (Å²) in [6.45, 7) is 0. The van der Waals surface area contributed by atoms with E-state index in [2.05, 4.69) is 15.6 Å². The van der Waals surface area contributed by atoms with Gasteiger partial charge in [0.1, 0.15) is 18.1 Å². The van der Waals surface area contributed by atoms with E-state index in [1.165, 1.54) is 11.8 Å². The molecule has 0 radical (unpaired) electrons. The van der Waals surface area contributed by atoms with Gasteiger partial charge < -0.3 is 20.7 Å². The third-order valence-electron chi connectivity index (χ3n) is 6.86. The first-order chi connectivity index (χ1) is 20.3. The van der Waals surface area contributed by atoms with E-state index in [1.807, 2.05) is 18.4 Å². The van der Waals surface area contributed by atoms with Crippen molar-refractivity contribution < 1.29 is 19.5 Å². The number of benzene rings is 3. The topological polar surface area (TPSA) is 150 Å². The Hall–Kier alpha value is -4.64. The van der Waals surface area contributed by atoms with E-state index in [9.17, 15) is 29.1 Å². The lowest BCUT2D eigenvalue weighted by Gasteiger charge is -2.25. The summed E-state index contributed by atoms with van der Waals surface area (Å²) >= 11 is 1.46. The zero-order chi connectivity index (χ0) is 30.1.